The van der Waals surface area contributed by atoms with Crippen LogP contribution in [0, 0.1) is 0 Å². The molecule has 0 fully saturated rings. The maximum absolute atomic E-state index is 14.0. The van der Waals surface area contributed by atoms with Crippen LogP contribution in [0.2, 0.25) is 0 Å². The average Bonchev–Trinajstić information content (AvgIpc) is 3.58. The summed E-state index contributed by atoms with van der Waals surface area (Å²) in [5.41, 5.74) is -0.757. The van der Waals surface area contributed by atoms with Crippen molar-refractivity contribution in [2.45, 2.75) is 37.8 Å². The molecular weight excluding hydrogens is 592 g/mol. The quantitative estimate of drug-likeness (QED) is 0.0841. The van der Waals surface area contributed by atoms with Crippen molar-refractivity contribution in [1.29, 1.82) is 0 Å². The second-order valence-corrected chi connectivity index (χ2v) is 10.1. The molecule has 0 unspecified atom stereocenters. The zero-order valence-electron chi connectivity index (χ0n) is 24.6. The number of rotatable bonds is 12. The molecule has 0 aliphatic carbocycles. The van der Waals surface area contributed by atoms with Gasteiger partial charge in [-0.3, -0.25) is 0 Å². The first-order valence-corrected chi connectivity index (χ1v) is 14.4. The van der Waals surface area contributed by atoms with Gasteiger partial charge in [-0.25, -0.2) is 19.2 Å². The molecule has 1 aliphatic rings. The van der Waals surface area contributed by atoms with E-state index in [4.69, 9.17) is 28.4 Å². The van der Waals surface area contributed by atoms with E-state index in [0.29, 0.717) is 16.7 Å². The Balaban J connectivity index is 1.42. The summed E-state index contributed by atoms with van der Waals surface area (Å²) in [6, 6.07) is 34.3. The molecule has 0 spiro atoms. The first-order valence-electron chi connectivity index (χ1n) is 14.4. The fourth-order valence-corrected chi connectivity index (χ4v) is 4.47. The molecular formula is C36H30O10. The molecule has 0 amide bonds. The number of hydrogen-bond donors (Lipinski definition) is 0. The summed E-state index contributed by atoms with van der Waals surface area (Å²) in [5, 5.41) is 0. The molecule has 10 nitrogen and oxygen atoms in total. The van der Waals surface area contributed by atoms with E-state index < -0.39 is 42.1 Å². The van der Waals surface area contributed by atoms with Gasteiger partial charge in [0.15, 0.2) is 0 Å². The summed E-state index contributed by atoms with van der Waals surface area (Å²) in [6.45, 7) is -0.746. The molecule has 0 saturated heterocycles. The summed E-state index contributed by atoms with van der Waals surface area (Å²) in [6.07, 6.45) is -1.75. The third-order valence-electron chi connectivity index (χ3n) is 6.83. The highest BCUT2D eigenvalue weighted by Gasteiger charge is 2.62. The van der Waals surface area contributed by atoms with Crippen LogP contribution in [0.5, 0.6) is 0 Å². The molecule has 0 aromatic heterocycles. The Kier molecular flexibility index (Phi) is 10.5. The van der Waals surface area contributed by atoms with Crippen LogP contribution < -0.4 is 0 Å². The molecule has 4 aromatic carbocycles. The van der Waals surface area contributed by atoms with Gasteiger partial charge in [0.2, 0.25) is 6.29 Å². The maximum Gasteiger partial charge on any atom is 0.510 e. The lowest BCUT2D eigenvalue weighted by Gasteiger charge is -2.32. The second-order valence-electron chi connectivity index (χ2n) is 10.1. The summed E-state index contributed by atoms with van der Waals surface area (Å²) in [7, 11) is 0. The standard InChI is InChI=1S/C36H30O10/c37-32(29-19-11-4-12-20-29)45-31-22-21-30(44-31)36(33(38)41-23-26-13-5-1-6-14-26,34(39)42-24-27-15-7-2-8-16-27)46-35(40)43-25-28-17-9-3-10-18-28/h1-22,30-31H,23-25H2/t30-,31-/m1/s1. The molecule has 234 valence electrons. The molecule has 10 heteroatoms. The summed E-state index contributed by atoms with van der Waals surface area (Å²) in [4.78, 5) is 53.8. The van der Waals surface area contributed by atoms with Crippen LogP contribution in [-0.4, -0.2) is 42.1 Å². The van der Waals surface area contributed by atoms with Gasteiger partial charge in [0, 0.05) is 0 Å². The first-order chi connectivity index (χ1) is 22.4. The average molecular weight is 623 g/mol. The van der Waals surface area contributed by atoms with Crippen LogP contribution in [-0.2, 0) is 57.8 Å². The van der Waals surface area contributed by atoms with Crippen molar-refractivity contribution in [3.05, 3.63) is 156 Å². The molecule has 46 heavy (non-hydrogen) atoms. The highest BCUT2D eigenvalue weighted by molar-refractivity contribution is 6.06. The van der Waals surface area contributed by atoms with Gasteiger partial charge >= 0.3 is 29.7 Å². The highest BCUT2D eigenvalue weighted by Crippen LogP contribution is 2.32. The minimum Gasteiger partial charge on any atom is -0.457 e. The van der Waals surface area contributed by atoms with Crippen LogP contribution in [0.25, 0.3) is 0 Å². The summed E-state index contributed by atoms with van der Waals surface area (Å²) in [5.74, 6) is -3.28. The van der Waals surface area contributed by atoms with Gasteiger partial charge in [0.05, 0.1) is 5.56 Å². The molecule has 0 radical (unpaired) electrons. The topological polar surface area (TPSA) is 124 Å². The molecule has 5 rings (SSSR count). The van der Waals surface area contributed by atoms with E-state index in [-0.39, 0.29) is 25.4 Å². The van der Waals surface area contributed by atoms with Crippen LogP contribution >= 0.6 is 0 Å². The Hall–Kier alpha value is -5.74. The number of carbonyl (C=O) groups is 4. The van der Waals surface area contributed by atoms with Gasteiger partial charge in [-0.15, -0.1) is 0 Å². The lowest BCUT2D eigenvalue weighted by molar-refractivity contribution is -0.209. The fraction of sp³-hybridized carbons (Fsp3) is 0.167. The van der Waals surface area contributed by atoms with Crippen LogP contribution in [0.15, 0.2) is 133 Å². The summed E-state index contributed by atoms with van der Waals surface area (Å²) >= 11 is 0. The van der Waals surface area contributed by atoms with Crippen molar-refractivity contribution in [3.8, 4) is 0 Å². The number of benzene rings is 4. The van der Waals surface area contributed by atoms with Crippen molar-refractivity contribution >= 4 is 24.1 Å². The van der Waals surface area contributed by atoms with E-state index in [9.17, 15) is 19.2 Å². The van der Waals surface area contributed by atoms with Crippen molar-refractivity contribution in [2.75, 3.05) is 0 Å². The Bertz CT molecular complexity index is 1580. The number of esters is 3. The predicted octanol–water partition coefficient (Wildman–Crippen LogP) is 5.70. The Morgan fingerprint density at radius 2 is 1.00 bits per heavy atom. The number of carbonyl (C=O) groups excluding carboxylic acids is 4. The molecule has 2 atom stereocenters. The lowest BCUT2D eigenvalue weighted by atomic mass is 9.96. The molecule has 0 bridgehead atoms. The van der Waals surface area contributed by atoms with Crippen molar-refractivity contribution < 1.29 is 47.6 Å². The minimum atomic E-state index is -2.85. The van der Waals surface area contributed by atoms with E-state index in [1.807, 2.05) is 0 Å². The number of ether oxygens (including phenoxy) is 6. The largest absolute Gasteiger partial charge is 0.510 e. The second kappa shape index (κ2) is 15.3. The monoisotopic (exact) mass is 622 g/mol. The Morgan fingerprint density at radius 1 is 0.565 bits per heavy atom. The molecule has 4 aromatic rings. The molecule has 1 heterocycles. The first kappa shape index (κ1) is 31.7. The minimum absolute atomic E-state index is 0.216. The molecule has 0 N–H and O–H groups in total. The Labute approximate surface area is 265 Å². The zero-order valence-corrected chi connectivity index (χ0v) is 24.6. The van der Waals surface area contributed by atoms with Gasteiger partial charge in [0.1, 0.15) is 25.9 Å². The van der Waals surface area contributed by atoms with Gasteiger partial charge < -0.3 is 28.4 Å². The fourth-order valence-electron chi connectivity index (χ4n) is 4.47. The van der Waals surface area contributed by atoms with Crippen molar-refractivity contribution in [3.63, 3.8) is 0 Å². The SMILES string of the molecule is O=C(OCc1ccccc1)OC(C(=O)OCc1ccccc1)(C(=O)OCc1ccccc1)[C@H]1C=C[C@@H](OC(=O)c2ccccc2)O1. The zero-order chi connectivity index (χ0) is 32.2. The van der Waals surface area contributed by atoms with Crippen LogP contribution in [0.3, 0.4) is 0 Å². The van der Waals surface area contributed by atoms with Gasteiger partial charge in [-0.05, 0) is 41.0 Å². The molecule has 1 aliphatic heterocycles. The lowest BCUT2D eigenvalue weighted by Crippen LogP contribution is -2.60. The van der Waals surface area contributed by atoms with Gasteiger partial charge in [0.25, 0.3) is 0 Å². The van der Waals surface area contributed by atoms with E-state index >= 15 is 0 Å². The summed E-state index contributed by atoms with van der Waals surface area (Å²) < 4.78 is 33.2. The molecule has 0 saturated carbocycles. The number of hydrogen-bond acceptors (Lipinski definition) is 10. The third kappa shape index (κ3) is 8.04. The van der Waals surface area contributed by atoms with Gasteiger partial charge in [-0.2, -0.15) is 0 Å². The van der Waals surface area contributed by atoms with Gasteiger partial charge in [-0.1, -0.05) is 109 Å². The van der Waals surface area contributed by atoms with E-state index in [1.165, 1.54) is 12.2 Å². The highest BCUT2D eigenvalue weighted by atomic mass is 16.8. The Morgan fingerprint density at radius 3 is 1.48 bits per heavy atom. The smallest absolute Gasteiger partial charge is 0.457 e. The van der Waals surface area contributed by atoms with Crippen LogP contribution in [0.4, 0.5) is 4.79 Å². The van der Waals surface area contributed by atoms with E-state index in [0.717, 1.165) is 0 Å². The van der Waals surface area contributed by atoms with Crippen molar-refractivity contribution in [1.82, 2.24) is 0 Å². The van der Waals surface area contributed by atoms with E-state index in [2.05, 4.69) is 0 Å². The van der Waals surface area contributed by atoms with E-state index in [1.54, 1.807) is 121 Å². The predicted molar refractivity (Wildman–Crippen MR) is 163 cm³/mol. The normalized spacial score (nSPS) is 15.4. The van der Waals surface area contributed by atoms with Crippen molar-refractivity contribution in [2.24, 2.45) is 0 Å². The van der Waals surface area contributed by atoms with Crippen LogP contribution in [0.1, 0.15) is 27.0 Å². The maximum atomic E-state index is 14.0. The third-order valence-corrected chi connectivity index (χ3v) is 6.83.